The highest BCUT2D eigenvalue weighted by atomic mass is 127. The Kier molecular flexibility index (Phi) is 8.74. The maximum atomic E-state index is 9.68. The molecular weight excluding hydrogens is 393 g/mol. The molecule has 22 heavy (non-hydrogen) atoms. The van der Waals surface area contributed by atoms with Crippen LogP contribution in [0, 0.1) is 0 Å². The predicted molar refractivity (Wildman–Crippen MR) is 99.6 cm³/mol. The molecule has 0 amide bonds. The Hall–Kier alpha value is -0.860. The molecule has 1 aliphatic rings. The van der Waals surface area contributed by atoms with Crippen LogP contribution in [-0.4, -0.2) is 48.8 Å². The lowest BCUT2D eigenvalue weighted by atomic mass is 10.1. The van der Waals surface area contributed by atoms with E-state index in [0.717, 1.165) is 25.5 Å². The van der Waals surface area contributed by atoms with Gasteiger partial charge in [-0.2, -0.15) is 0 Å². The highest BCUT2D eigenvalue weighted by molar-refractivity contribution is 14.0. The lowest BCUT2D eigenvalue weighted by molar-refractivity contribution is 0.184. The van der Waals surface area contributed by atoms with Crippen LogP contribution in [0.2, 0.25) is 0 Å². The molecule has 0 saturated carbocycles. The molecule has 0 unspecified atom stereocenters. The van der Waals surface area contributed by atoms with E-state index in [-0.39, 0.29) is 30.1 Å². The third-order valence-electron chi connectivity index (χ3n) is 3.62. The molecule has 0 bridgehead atoms. The second-order valence-electron chi connectivity index (χ2n) is 5.26. The van der Waals surface area contributed by atoms with Gasteiger partial charge in [0.1, 0.15) is 0 Å². The van der Waals surface area contributed by atoms with E-state index in [2.05, 4.69) is 29.3 Å². The molecule has 0 aliphatic carbocycles. The number of ether oxygens (including phenoxy) is 1. The van der Waals surface area contributed by atoms with Gasteiger partial charge in [0.05, 0.1) is 19.3 Å². The third-order valence-corrected chi connectivity index (χ3v) is 3.62. The van der Waals surface area contributed by atoms with E-state index >= 15 is 0 Å². The lowest BCUT2D eigenvalue weighted by Gasteiger charge is -2.21. The van der Waals surface area contributed by atoms with Crippen molar-refractivity contribution in [2.24, 2.45) is 4.99 Å². The van der Waals surface area contributed by atoms with Gasteiger partial charge in [-0.15, -0.1) is 24.0 Å². The summed E-state index contributed by atoms with van der Waals surface area (Å²) in [4.78, 5) is 6.83. The number of nitrogens with one attached hydrogen (secondary N) is 1. The number of likely N-dealkylation sites (tertiary alicyclic amines) is 1. The monoisotopic (exact) mass is 419 g/mol. The number of nitrogens with zero attached hydrogens (tertiary/aromatic N) is 2. The average Bonchev–Trinajstić information content (AvgIpc) is 2.91. The van der Waals surface area contributed by atoms with Crippen molar-refractivity contribution in [3.63, 3.8) is 0 Å². The number of aliphatic hydroxyl groups excluding tert-OH is 1. The van der Waals surface area contributed by atoms with Gasteiger partial charge in [-0.25, -0.2) is 4.99 Å². The van der Waals surface area contributed by atoms with Crippen LogP contribution in [0.3, 0.4) is 0 Å². The zero-order valence-corrected chi connectivity index (χ0v) is 15.6. The van der Waals surface area contributed by atoms with Crippen molar-refractivity contribution >= 4 is 29.9 Å². The molecular formula is C16H26IN3O2. The smallest absolute Gasteiger partial charge is 0.194 e. The van der Waals surface area contributed by atoms with Crippen molar-refractivity contribution in [2.75, 3.05) is 26.7 Å². The molecule has 1 aromatic carbocycles. The van der Waals surface area contributed by atoms with Crippen LogP contribution in [0.4, 0.5) is 0 Å². The molecule has 1 saturated heterocycles. The van der Waals surface area contributed by atoms with E-state index in [0.29, 0.717) is 19.7 Å². The fraction of sp³-hybridized carbons (Fsp3) is 0.562. The Bertz CT molecular complexity index is 482. The fourth-order valence-electron chi connectivity index (χ4n) is 2.53. The minimum atomic E-state index is -0.241. The molecule has 2 N–H and O–H groups in total. The van der Waals surface area contributed by atoms with Gasteiger partial charge >= 0.3 is 0 Å². The molecule has 1 atom stereocenters. The summed E-state index contributed by atoms with van der Waals surface area (Å²) < 4.78 is 5.23. The normalized spacial score (nSPS) is 18.2. The summed E-state index contributed by atoms with van der Waals surface area (Å²) in [5.41, 5.74) is 2.34. The van der Waals surface area contributed by atoms with Crippen molar-refractivity contribution < 1.29 is 9.84 Å². The molecule has 1 aliphatic heterocycles. The minimum absolute atomic E-state index is 0. The van der Waals surface area contributed by atoms with Gasteiger partial charge in [-0.1, -0.05) is 24.3 Å². The molecule has 124 valence electrons. The number of β-amino-alcohol motifs (C(OH)–C–C–N with tert-alkyl or cyclic N) is 1. The van der Waals surface area contributed by atoms with Crippen molar-refractivity contribution in [1.29, 1.82) is 0 Å². The number of guanidine groups is 1. The van der Waals surface area contributed by atoms with Gasteiger partial charge in [0.25, 0.3) is 0 Å². The van der Waals surface area contributed by atoms with Crippen LogP contribution in [0.1, 0.15) is 24.5 Å². The van der Waals surface area contributed by atoms with E-state index in [9.17, 15) is 5.11 Å². The molecule has 0 spiro atoms. The second kappa shape index (κ2) is 10.0. The topological polar surface area (TPSA) is 57.1 Å². The molecule has 5 nitrogen and oxygen atoms in total. The van der Waals surface area contributed by atoms with Crippen LogP contribution in [-0.2, 0) is 17.9 Å². The number of aliphatic imine (C=N–C) groups is 1. The second-order valence-corrected chi connectivity index (χ2v) is 5.26. The zero-order chi connectivity index (χ0) is 15.1. The molecule has 1 heterocycles. The van der Waals surface area contributed by atoms with Gasteiger partial charge in [0.15, 0.2) is 5.96 Å². The fourth-order valence-corrected chi connectivity index (χ4v) is 2.53. The van der Waals surface area contributed by atoms with Crippen LogP contribution in [0.5, 0.6) is 0 Å². The van der Waals surface area contributed by atoms with Crippen molar-refractivity contribution in [1.82, 2.24) is 10.2 Å². The van der Waals surface area contributed by atoms with Crippen LogP contribution in [0.15, 0.2) is 29.3 Å². The summed E-state index contributed by atoms with van der Waals surface area (Å²) in [6.45, 7) is 5.61. The van der Waals surface area contributed by atoms with Crippen LogP contribution >= 0.6 is 24.0 Å². The summed E-state index contributed by atoms with van der Waals surface area (Å²) >= 11 is 0. The number of hydrogen-bond donors (Lipinski definition) is 2. The Balaban J connectivity index is 0.00000242. The summed E-state index contributed by atoms with van der Waals surface area (Å²) in [6.07, 6.45) is 0.569. The maximum Gasteiger partial charge on any atom is 0.194 e. The van der Waals surface area contributed by atoms with Gasteiger partial charge in [-0.3, -0.25) is 0 Å². The predicted octanol–water partition coefficient (Wildman–Crippen LogP) is 1.98. The van der Waals surface area contributed by atoms with Crippen LogP contribution in [0.25, 0.3) is 0 Å². The zero-order valence-electron chi connectivity index (χ0n) is 13.3. The first-order valence-electron chi connectivity index (χ1n) is 7.51. The maximum absolute atomic E-state index is 9.68. The summed E-state index contributed by atoms with van der Waals surface area (Å²) in [7, 11) is 1.70. The average molecular weight is 419 g/mol. The van der Waals surface area contributed by atoms with Gasteiger partial charge < -0.3 is 20.1 Å². The van der Waals surface area contributed by atoms with Crippen LogP contribution < -0.4 is 5.32 Å². The Morgan fingerprint density at radius 3 is 2.73 bits per heavy atom. The Morgan fingerprint density at radius 2 is 2.14 bits per heavy atom. The number of aliphatic hydroxyl groups is 1. The molecule has 2 rings (SSSR count). The number of rotatable bonds is 5. The Labute approximate surface area is 149 Å². The Morgan fingerprint density at radius 1 is 1.41 bits per heavy atom. The van der Waals surface area contributed by atoms with E-state index in [1.165, 1.54) is 11.1 Å². The van der Waals surface area contributed by atoms with Crippen molar-refractivity contribution in [3.05, 3.63) is 35.4 Å². The standard InChI is InChI=1S/C16H25N3O2.HI/c1-3-17-16(19-9-8-15(20)11-19)18-10-13-6-4-5-7-14(13)12-21-2;/h4-7,15,20H,3,8-12H2,1-2H3,(H,17,18);1H/t15-;/m1./s1. The van der Waals surface area contributed by atoms with E-state index in [4.69, 9.17) is 9.73 Å². The lowest BCUT2D eigenvalue weighted by Crippen LogP contribution is -2.40. The van der Waals surface area contributed by atoms with Crippen molar-refractivity contribution in [3.8, 4) is 0 Å². The molecule has 1 fully saturated rings. The summed E-state index contributed by atoms with van der Waals surface area (Å²) in [6, 6.07) is 8.20. The molecule has 1 aromatic rings. The number of benzene rings is 1. The minimum Gasteiger partial charge on any atom is -0.391 e. The number of halogens is 1. The first-order valence-corrected chi connectivity index (χ1v) is 7.51. The molecule has 6 heteroatoms. The van der Waals surface area contributed by atoms with Gasteiger partial charge in [0.2, 0.25) is 0 Å². The van der Waals surface area contributed by atoms with E-state index < -0.39 is 0 Å². The number of hydrogen-bond acceptors (Lipinski definition) is 3. The molecule has 0 aromatic heterocycles. The highest BCUT2D eigenvalue weighted by Gasteiger charge is 2.22. The van der Waals surface area contributed by atoms with Gasteiger partial charge in [0, 0.05) is 26.7 Å². The SMILES string of the molecule is CCNC(=NCc1ccccc1COC)N1CC[C@@H](O)C1.I. The summed E-state index contributed by atoms with van der Waals surface area (Å²) in [5, 5.41) is 13.0. The largest absolute Gasteiger partial charge is 0.391 e. The first kappa shape index (κ1) is 19.2. The van der Waals surface area contributed by atoms with Gasteiger partial charge in [-0.05, 0) is 24.5 Å². The first-order chi connectivity index (χ1) is 10.2. The summed E-state index contributed by atoms with van der Waals surface area (Å²) in [5.74, 6) is 0.876. The highest BCUT2D eigenvalue weighted by Crippen LogP contribution is 2.13. The van der Waals surface area contributed by atoms with E-state index in [1.807, 2.05) is 12.1 Å². The van der Waals surface area contributed by atoms with E-state index in [1.54, 1.807) is 7.11 Å². The van der Waals surface area contributed by atoms with Crippen molar-refractivity contribution in [2.45, 2.75) is 32.6 Å². The quantitative estimate of drug-likeness (QED) is 0.436. The molecule has 0 radical (unpaired) electrons. The number of methoxy groups -OCH3 is 1. The third kappa shape index (κ3) is 5.40.